The summed E-state index contributed by atoms with van der Waals surface area (Å²) < 4.78 is 0. The fraction of sp³-hybridized carbons (Fsp3) is 0.529. The van der Waals surface area contributed by atoms with E-state index in [0.29, 0.717) is 0 Å². The van der Waals surface area contributed by atoms with Crippen molar-refractivity contribution < 1.29 is 0 Å². The van der Waals surface area contributed by atoms with Crippen molar-refractivity contribution in [2.24, 2.45) is 5.92 Å². The fourth-order valence-corrected chi connectivity index (χ4v) is 2.73. The first-order valence-corrected chi connectivity index (χ1v) is 7.37. The van der Waals surface area contributed by atoms with Gasteiger partial charge < -0.3 is 5.32 Å². The molecule has 1 aliphatic carbocycles. The van der Waals surface area contributed by atoms with Crippen molar-refractivity contribution in [2.75, 3.05) is 13.1 Å². The molecule has 1 saturated carbocycles. The number of benzene rings is 1. The lowest BCUT2D eigenvalue weighted by Crippen LogP contribution is -2.19. The van der Waals surface area contributed by atoms with E-state index < -0.39 is 0 Å². The molecule has 1 heteroatoms. The average molecular weight is 243 g/mol. The lowest BCUT2D eigenvalue weighted by molar-refractivity contribution is 0.335. The molecule has 0 spiro atoms. The molecule has 0 amide bonds. The van der Waals surface area contributed by atoms with Crippen molar-refractivity contribution in [3.8, 4) is 0 Å². The summed E-state index contributed by atoms with van der Waals surface area (Å²) in [7, 11) is 0. The fourth-order valence-electron chi connectivity index (χ4n) is 2.73. The highest BCUT2D eigenvalue weighted by atomic mass is 14.8. The Morgan fingerprint density at radius 2 is 1.83 bits per heavy atom. The smallest absolute Gasteiger partial charge is 0.0138 e. The van der Waals surface area contributed by atoms with E-state index in [1.807, 2.05) is 0 Å². The maximum atomic E-state index is 3.52. The molecule has 0 aromatic heterocycles. The van der Waals surface area contributed by atoms with Crippen molar-refractivity contribution in [1.82, 2.24) is 5.32 Å². The van der Waals surface area contributed by atoms with Gasteiger partial charge in [-0.15, -0.1) is 0 Å². The van der Waals surface area contributed by atoms with Crippen molar-refractivity contribution in [1.29, 1.82) is 0 Å². The lowest BCUT2D eigenvalue weighted by atomic mass is 9.87. The molecule has 0 atom stereocenters. The van der Waals surface area contributed by atoms with E-state index in [4.69, 9.17) is 0 Å². The topological polar surface area (TPSA) is 12.0 Å². The Balaban J connectivity index is 1.54. The van der Waals surface area contributed by atoms with Gasteiger partial charge in [0.05, 0.1) is 0 Å². The zero-order valence-electron chi connectivity index (χ0n) is 11.3. The van der Waals surface area contributed by atoms with Gasteiger partial charge in [-0.2, -0.15) is 0 Å². The lowest BCUT2D eigenvalue weighted by Gasteiger charge is -2.21. The molecule has 1 fully saturated rings. The van der Waals surface area contributed by atoms with Crippen molar-refractivity contribution >= 4 is 6.08 Å². The molecule has 0 aliphatic heterocycles. The number of rotatable bonds is 6. The van der Waals surface area contributed by atoms with Gasteiger partial charge in [0.1, 0.15) is 0 Å². The largest absolute Gasteiger partial charge is 0.313 e. The third-order valence-corrected chi connectivity index (χ3v) is 3.83. The molecule has 1 aromatic rings. The standard InChI is InChI=1S/C17H25N/c1-3-8-16(9-4-1)12-7-14-18-15-13-17-10-5-2-6-11-17/h1,3-4,7-9,12,17-18H,2,5-6,10-11,13-15H2/b12-7+. The number of nitrogens with one attached hydrogen (secondary N) is 1. The molecular formula is C17H25N. The van der Waals surface area contributed by atoms with Crippen molar-refractivity contribution in [3.63, 3.8) is 0 Å². The monoisotopic (exact) mass is 243 g/mol. The highest BCUT2D eigenvalue weighted by molar-refractivity contribution is 5.48. The summed E-state index contributed by atoms with van der Waals surface area (Å²) in [5.74, 6) is 0.990. The van der Waals surface area contributed by atoms with Crippen LogP contribution in [0.3, 0.4) is 0 Å². The summed E-state index contributed by atoms with van der Waals surface area (Å²) in [6, 6.07) is 10.5. The second-order valence-corrected chi connectivity index (χ2v) is 5.31. The Morgan fingerprint density at radius 1 is 1.06 bits per heavy atom. The van der Waals surface area contributed by atoms with E-state index in [1.165, 1.54) is 50.6 Å². The Labute approximate surface area is 111 Å². The quantitative estimate of drug-likeness (QED) is 0.736. The molecule has 1 nitrogen and oxygen atoms in total. The zero-order valence-corrected chi connectivity index (χ0v) is 11.3. The summed E-state index contributed by atoms with van der Waals surface area (Å²) >= 11 is 0. The molecule has 18 heavy (non-hydrogen) atoms. The minimum absolute atomic E-state index is 0.988. The van der Waals surface area contributed by atoms with E-state index in [0.717, 1.165) is 12.5 Å². The van der Waals surface area contributed by atoms with E-state index >= 15 is 0 Å². The number of hydrogen-bond acceptors (Lipinski definition) is 1. The van der Waals surface area contributed by atoms with Crippen molar-refractivity contribution in [3.05, 3.63) is 42.0 Å². The van der Waals surface area contributed by atoms with Gasteiger partial charge in [-0.1, -0.05) is 74.6 Å². The van der Waals surface area contributed by atoms with Gasteiger partial charge >= 0.3 is 0 Å². The van der Waals surface area contributed by atoms with Crippen LogP contribution >= 0.6 is 0 Å². The summed E-state index contributed by atoms with van der Waals surface area (Å²) in [6.07, 6.45) is 13.1. The van der Waals surface area contributed by atoms with Crippen LogP contribution in [0.2, 0.25) is 0 Å². The zero-order chi connectivity index (χ0) is 12.5. The van der Waals surface area contributed by atoms with Crippen LogP contribution in [-0.2, 0) is 0 Å². The van der Waals surface area contributed by atoms with E-state index in [1.54, 1.807) is 0 Å². The van der Waals surface area contributed by atoms with Gasteiger partial charge in [-0.3, -0.25) is 0 Å². The highest BCUT2D eigenvalue weighted by Crippen LogP contribution is 2.25. The van der Waals surface area contributed by atoms with Crippen molar-refractivity contribution in [2.45, 2.75) is 38.5 Å². The van der Waals surface area contributed by atoms with Crippen LogP contribution in [0.25, 0.3) is 6.08 Å². The minimum Gasteiger partial charge on any atom is -0.313 e. The normalized spacial score (nSPS) is 17.3. The molecule has 0 saturated heterocycles. The molecule has 1 N–H and O–H groups in total. The molecule has 0 bridgehead atoms. The Kier molecular flexibility index (Phi) is 6.01. The summed E-state index contributed by atoms with van der Waals surface area (Å²) in [4.78, 5) is 0. The first-order chi connectivity index (χ1) is 8.95. The van der Waals surface area contributed by atoms with Crippen LogP contribution in [-0.4, -0.2) is 13.1 Å². The van der Waals surface area contributed by atoms with Gasteiger partial charge in [0.15, 0.2) is 0 Å². The third-order valence-electron chi connectivity index (χ3n) is 3.83. The Morgan fingerprint density at radius 3 is 2.61 bits per heavy atom. The molecule has 0 heterocycles. The van der Waals surface area contributed by atoms with Crippen LogP contribution in [0, 0.1) is 5.92 Å². The SMILES string of the molecule is C(=C\c1ccccc1)/CNCCC1CCCCC1. The molecule has 0 radical (unpaired) electrons. The molecule has 1 aliphatic rings. The van der Waals surface area contributed by atoms with E-state index in [9.17, 15) is 0 Å². The van der Waals surface area contributed by atoms with Gasteiger partial charge in [0, 0.05) is 6.54 Å². The molecular weight excluding hydrogens is 218 g/mol. The molecule has 0 unspecified atom stereocenters. The Bertz CT molecular complexity index is 336. The highest BCUT2D eigenvalue weighted by Gasteiger charge is 2.11. The predicted octanol–water partition coefficient (Wildman–Crippen LogP) is 4.26. The van der Waals surface area contributed by atoms with Crippen LogP contribution < -0.4 is 5.32 Å². The van der Waals surface area contributed by atoms with Gasteiger partial charge in [0.25, 0.3) is 0 Å². The maximum Gasteiger partial charge on any atom is 0.0138 e. The van der Waals surface area contributed by atoms with Gasteiger partial charge in [0.2, 0.25) is 0 Å². The maximum absolute atomic E-state index is 3.52. The molecule has 2 rings (SSSR count). The first kappa shape index (κ1) is 13.4. The second kappa shape index (κ2) is 8.10. The first-order valence-electron chi connectivity index (χ1n) is 7.37. The third kappa shape index (κ3) is 5.05. The summed E-state index contributed by atoms with van der Waals surface area (Å²) in [6.45, 7) is 2.16. The van der Waals surface area contributed by atoms with Gasteiger partial charge in [-0.25, -0.2) is 0 Å². The van der Waals surface area contributed by atoms with Crippen LogP contribution in [0.15, 0.2) is 36.4 Å². The second-order valence-electron chi connectivity index (χ2n) is 5.31. The number of hydrogen-bond donors (Lipinski definition) is 1. The predicted molar refractivity (Wildman–Crippen MR) is 79.5 cm³/mol. The van der Waals surface area contributed by atoms with E-state index in [-0.39, 0.29) is 0 Å². The Hall–Kier alpha value is -1.08. The molecule has 98 valence electrons. The van der Waals surface area contributed by atoms with Crippen LogP contribution in [0.5, 0.6) is 0 Å². The summed E-state index contributed by atoms with van der Waals surface area (Å²) in [5.41, 5.74) is 1.28. The average Bonchev–Trinajstić information content (AvgIpc) is 2.45. The summed E-state index contributed by atoms with van der Waals surface area (Å²) in [5, 5.41) is 3.52. The minimum atomic E-state index is 0.988. The van der Waals surface area contributed by atoms with Crippen LogP contribution in [0.1, 0.15) is 44.1 Å². The molecule has 1 aromatic carbocycles. The van der Waals surface area contributed by atoms with Gasteiger partial charge in [-0.05, 0) is 24.4 Å². The van der Waals surface area contributed by atoms with E-state index in [2.05, 4.69) is 47.8 Å². The van der Waals surface area contributed by atoms with Crippen LogP contribution in [0.4, 0.5) is 0 Å².